The largest absolute Gasteiger partial charge is 0.415 e. The Hall–Kier alpha value is -2.89. The zero-order valence-electron chi connectivity index (χ0n) is 22.3. The molecule has 0 saturated carbocycles. The second-order valence-electron chi connectivity index (χ2n) is 10.5. The Balaban J connectivity index is 1.31. The van der Waals surface area contributed by atoms with Gasteiger partial charge >= 0.3 is 0 Å². The maximum absolute atomic E-state index is 9.17. The van der Waals surface area contributed by atoms with Gasteiger partial charge in [-0.2, -0.15) is 0 Å². The number of nitrogens with one attached hydrogen (secondary N) is 1. The second-order valence-corrected chi connectivity index (χ2v) is 11.4. The van der Waals surface area contributed by atoms with E-state index in [1.165, 1.54) is 37.6 Å². The van der Waals surface area contributed by atoms with Crippen LogP contribution in [0.15, 0.2) is 34.9 Å². The quantitative estimate of drug-likeness (QED) is 0.349. The SMILES string of the molecule is OCCSNc1ccc2c(c1)N1CCC(CC1)OCCCCC1CCN(CC1)c1nccc(n1)-c1nnc-2o1. The van der Waals surface area contributed by atoms with Crippen molar-refractivity contribution >= 4 is 29.3 Å². The van der Waals surface area contributed by atoms with Crippen molar-refractivity contribution in [2.45, 2.75) is 51.0 Å². The first-order chi connectivity index (χ1) is 19.3. The standard InChI is InChI=1S/C28H37N7O3S/c36-16-18-39-33-21-4-5-23-25(19-21)34-14-9-22(10-15-34)37-17-2-1-3-20-7-12-35(13-8-20)28-29-11-6-24(30-28)27-32-31-26(23)38-27/h4-6,11,19-20,22,33,36H,1-3,7-10,12-18H2. The molecule has 8 bridgehead atoms. The molecule has 9 rings (SSSR count). The molecule has 0 radical (unpaired) electrons. The smallest absolute Gasteiger partial charge is 0.266 e. The van der Waals surface area contributed by atoms with Crippen molar-refractivity contribution in [3.05, 3.63) is 30.5 Å². The molecule has 8 heterocycles. The summed E-state index contributed by atoms with van der Waals surface area (Å²) in [7, 11) is 0. The van der Waals surface area contributed by atoms with Crippen molar-refractivity contribution in [3.8, 4) is 23.0 Å². The molecule has 0 unspecified atom stereocenters. The summed E-state index contributed by atoms with van der Waals surface area (Å²) in [5.41, 5.74) is 3.56. The average molecular weight is 552 g/mol. The predicted molar refractivity (Wildman–Crippen MR) is 154 cm³/mol. The van der Waals surface area contributed by atoms with E-state index in [1.807, 2.05) is 18.2 Å². The molecule has 2 fully saturated rings. The van der Waals surface area contributed by atoms with E-state index in [1.54, 1.807) is 6.20 Å². The first-order valence-electron chi connectivity index (χ1n) is 14.2. The summed E-state index contributed by atoms with van der Waals surface area (Å²) in [6, 6.07) is 8.01. The highest BCUT2D eigenvalue weighted by Crippen LogP contribution is 2.36. The first kappa shape index (κ1) is 26.3. The fourth-order valence-corrected chi connectivity index (χ4v) is 6.23. The maximum atomic E-state index is 9.17. The Labute approximate surface area is 233 Å². The van der Waals surface area contributed by atoms with E-state index >= 15 is 0 Å². The summed E-state index contributed by atoms with van der Waals surface area (Å²) in [5, 5.41) is 18.0. The Morgan fingerprint density at radius 1 is 0.949 bits per heavy atom. The van der Waals surface area contributed by atoms with Gasteiger partial charge < -0.3 is 28.8 Å². The third-order valence-electron chi connectivity index (χ3n) is 7.94. The number of aliphatic hydroxyl groups excluding tert-OH is 1. The monoisotopic (exact) mass is 551 g/mol. The number of rotatable bonds is 4. The lowest BCUT2D eigenvalue weighted by Crippen LogP contribution is -2.37. The number of hydrogen-bond donors (Lipinski definition) is 2. The van der Waals surface area contributed by atoms with Crippen LogP contribution in [0.1, 0.15) is 44.9 Å². The van der Waals surface area contributed by atoms with Crippen LogP contribution < -0.4 is 14.5 Å². The van der Waals surface area contributed by atoms with Crippen LogP contribution in [0.2, 0.25) is 0 Å². The molecule has 39 heavy (non-hydrogen) atoms. The van der Waals surface area contributed by atoms with Gasteiger partial charge in [-0.25, -0.2) is 9.97 Å². The van der Waals surface area contributed by atoms with Gasteiger partial charge in [0, 0.05) is 50.4 Å². The number of aromatic nitrogens is 4. The van der Waals surface area contributed by atoms with E-state index in [-0.39, 0.29) is 6.61 Å². The molecule has 11 heteroatoms. The number of benzene rings is 1. The van der Waals surface area contributed by atoms with Gasteiger partial charge in [0.25, 0.3) is 5.89 Å². The molecule has 0 aliphatic carbocycles. The van der Waals surface area contributed by atoms with Gasteiger partial charge in [0.15, 0.2) is 0 Å². The summed E-state index contributed by atoms with van der Waals surface area (Å²) in [6.07, 6.45) is 10.0. The van der Waals surface area contributed by atoms with E-state index in [9.17, 15) is 0 Å². The third kappa shape index (κ3) is 6.31. The lowest BCUT2D eigenvalue weighted by atomic mass is 9.92. The van der Waals surface area contributed by atoms with Gasteiger partial charge in [0.05, 0.1) is 24.0 Å². The highest BCUT2D eigenvalue weighted by molar-refractivity contribution is 8.00. The fourth-order valence-electron chi connectivity index (χ4n) is 5.74. The van der Waals surface area contributed by atoms with E-state index in [0.29, 0.717) is 29.3 Å². The molecule has 0 atom stereocenters. The minimum atomic E-state index is 0.129. The van der Waals surface area contributed by atoms with Crippen LogP contribution in [0.4, 0.5) is 17.3 Å². The average Bonchev–Trinajstić information content (AvgIpc) is 3.48. The summed E-state index contributed by atoms with van der Waals surface area (Å²) in [5.74, 6) is 2.98. The Kier molecular flexibility index (Phi) is 8.46. The van der Waals surface area contributed by atoms with Crippen molar-refractivity contribution in [2.24, 2.45) is 5.92 Å². The molecule has 0 amide bonds. The normalized spacial score (nSPS) is 21.9. The molecule has 2 saturated heterocycles. The summed E-state index contributed by atoms with van der Waals surface area (Å²) in [6.45, 7) is 4.72. The number of aliphatic hydroxyl groups is 1. The van der Waals surface area contributed by atoms with Crippen LogP contribution in [0.25, 0.3) is 23.0 Å². The molecule has 208 valence electrons. The lowest BCUT2D eigenvalue weighted by molar-refractivity contribution is 0.0342. The number of anilines is 3. The number of ether oxygens (including phenoxy) is 1. The van der Waals surface area contributed by atoms with Gasteiger partial charge in [-0.05, 0) is 62.3 Å². The highest BCUT2D eigenvalue weighted by atomic mass is 32.2. The Bertz CT molecular complexity index is 1230. The Morgan fingerprint density at radius 3 is 2.62 bits per heavy atom. The van der Waals surface area contributed by atoms with Crippen LogP contribution in [0.5, 0.6) is 0 Å². The topological polar surface area (TPSA) is 113 Å². The fraction of sp³-hybridized carbons (Fsp3) is 0.571. The Morgan fingerprint density at radius 2 is 1.77 bits per heavy atom. The van der Waals surface area contributed by atoms with Crippen LogP contribution in [0, 0.1) is 5.92 Å². The van der Waals surface area contributed by atoms with Crippen molar-refractivity contribution < 1.29 is 14.3 Å². The lowest BCUT2D eigenvalue weighted by Gasteiger charge is -2.34. The minimum absolute atomic E-state index is 0.129. The van der Waals surface area contributed by atoms with Gasteiger partial charge in [0.2, 0.25) is 11.8 Å². The van der Waals surface area contributed by atoms with Crippen molar-refractivity contribution in [3.63, 3.8) is 0 Å². The molecular formula is C28H37N7O3S. The molecule has 3 aromatic rings. The number of nitrogens with zero attached hydrogens (tertiary/aromatic N) is 6. The summed E-state index contributed by atoms with van der Waals surface area (Å²) < 4.78 is 15.9. The zero-order valence-corrected chi connectivity index (χ0v) is 23.1. The van der Waals surface area contributed by atoms with Gasteiger partial charge in [-0.3, -0.25) is 0 Å². The van der Waals surface area contributed by atoms with Gasteiger partial charge in [0.1, 0.15) is 5.69 Å². The predicted octanol–water partition coefficient (Wildman–Crippen LogP) is 4.63. The molecule has 10 nitrogen and oxygen atoms in total. The molecule has 1 aromatic carbocycles. The molecule has 6 aliphatic rings. The molecule has 6 aliphatic heterocycles. The minimum Gasteiger partial charge on any atom is -0.415 e. The van der Waals surface area contributed by atoms with Crippen LogP contribution in [-0.4, -0.2) is 76.5 Å². The van der Waals surface area contributed by atoms with E-state index in [0.717, 1.165) is 80.9 Å². The summed E-state index contributed by atoms with van der Waals surface area (Å²) in [4.78, 5) is 14.0. The molecule has 2 N–H and O–H groups in total. The maximum Gasteiger partial charge on any atom is 0.266 e. The molecular weight excluding hydrogens is 514 g/mol. The highest BCUT2D eigenvalue weighted by Gasteiger charge is 2.26. The van der Waals surface area contributed by atoms with Gasteiger partial charge in [-0.15, -0.1) is 10.2 Å². The van der Waals surface area contributed by atoms with Crippen LogP contribution in [-0.2, 0) is 4.74 Å². The van der Waals surface area contributed by atoms with E-state index in [4.69, 9.17) is 19.2 Å². The van der Waals surface area contributed by atoms with Crippen molar-refractivity contribution in [2.75, 3.05) is 59.7 Å². The van der Waals surface area contributed by atoms with Crippen molar-refractivity contribution in [1.29, 1.82) is 0 Å². The number of piperidine rings is 2. The second kappa shape index (κ2) is 12.5. The molecule has 0 spiro atoms. The number of hydrogen-bond acceptors (Lipinski definition) is 11. The summed E-state index contributed by atoms with van der Waals surface area (Å²) >= 11 is 1.48. The third-order valence-corrected chi connectivity index (χ3v) is 8.71. The first-order valence-corrected chi connectivity index (χ1v) is 15.2. The van der Waals surface area contributed by atoms with Crippen LogP contribution >= 0.6 is 11.9 Å². The van der Waals surface area contributed by atoms with Crippen molar-refractivity contribution in [1.82, 2.24) is 20.2 Å². The molecule has 2 aromatic heterocycles. The van der Waals surface area contributed by atoms with E-state index in [2.05, 4.69) is 35.8 Å². The zero-order chi connectivity index (χ0) is 26.4. The van der Waals surface area contributed by atoms with Gasteiger partial charge in [-0.1, -0.05) is 24.8 Å². The van der Waals surface area contributed by atoms with Crippen LogP contribution in [0.3, 0.4) is 0 Å². The van der Waals surface area contributed by atoms with E-state index < -0.39 is 0 Å².